The molecule has 0 aromatic carbocycles. The Balaban J connectivity index is 2.24. The number of nitrogens with zero attached hydrogens (tertiary/aromatic N) is 1. The van der Waals surface area contributed by atoms with E-state index in [1.807, 2.05) is 0 Å². The highest BCUT2D eigenvalue weighted by Crippen LogP contribution is 2.36. The number of H-pyrrole nitrogens is 1. The fourth-order valence-corrected chi connectivity index (χ4v) is 3.17. The lowest BCUT2D eigenvalue weighted by Gasteiger charge is -2.33. The molecule has 1 heterocycles. The van der Waals surface area contributed by atoms with Gasteiger partial charge in [0.05, 0.1) is 0 Å². The van der Waals surface area contributed by atoms with Gasteiger partial charge in [-0.15, -0.1) is 0 Å². The molecule has 1 aromatic rings. The molecule has 0 aliphatic heterocycles. The third-order valence-electron chi connectivity index (χ3n) is 4.19. The second-order valence-corrected chi connectivity index (χ2v) is 5.62. The minimum absolute atomic E-state index is 0.625. The fraction of sp³-hybridized carbons (Fsp3) is 0.769. The minimum Gasteiger partial charge on any atom is -0.337 e. The molecule has 1 aliphatic carbocycles. The van der Waals surface area contributed by atoms with Gasteiger partial charge >= 0.3 is 0 Å². The van der Waals surface area contributed by atoms with Crippen molar-refractivity contribution < 1.29 is 0 Å². The molecule has 1 saturated carbocycles. The maximum Gasteiger partial charge on any atom is 0.177 e. The molecule has 90 valence electrons. The summed E-state index contributed by atoms with van der Waals surface area (Å²) in [4.78, 5) is 3.19. The van der Waals surface area contributed by atoms with E-state index >= 15 is 0 Å². The highest BCUT2D eigenvalue weighted by atomic mass is 32.1. The van der Waals surface area contributed by atoms with Gasteiger partial charge in [-0.3, -0.25) is 0 Å². The first-order valence-corrected chi connectivity index (χ1v) is 6.83. The van der Waals surface area contributed by atoms with Gasteiger partial charge in [-0.2, -0.15) is 0 Å². The van der Waals surface area contributed by atoms with Crippen LogP contribution < -0.4 is 0 Å². The van der Waals surface area contributed by atoms with Gasteiger partial charge in [0, 0.05) is 17.9 Å². The summed E-state index contributed by atoms with van der Waals surface area (Å²) >= 11 is 5.40. The maximum atomic E-state index is 5.40. The fourth-order valence-electron chi connectivity index (χ4n) is 2.84. The second kappa shape index (κ2) is 4.74. The molecule has 3 unspecified atom stereocenters. The summed E-state index contributed by atoms with van der Waals surface area (Å²) < 4.78 is 3.26. The molecule has 1 aliphatic rings. The van der Waals surface area contributed by atoms with Crippen LogP contribution in [0.2, 0.25) is 0 Å². The first kappa shape index (κ1) is 11.9. The number of aromatic nitrogens is 2. The number of nitrogens with one attached hydrogen (secondary N) is 1. The quantitative estimate of drug-likeness (QED) is 0.769. The van der Waals surface area contributed by atoms with Gasteiger partial charge in [0.25, 0.3) is 0 Å². The smallest absolute Gasteiger partial charge is 0.177 e. The van der Waals surface area contributed by atoms with E-state index in [1.54, 1.807) is 0 Å². The van der Waals surface area contributed by atoms with E-state index in [9.17, 15) is 0 Å². The molecule has 0 bridgehead atoms. The maximum absolute atomic E-state index is 5.40. The van der Waals surface area contributed by atoms with E-state index in [2.05, 4.69) is 36.5 Å². The van der Waals surface area contributed by atoms with Crippen molar-refractivity contribution in [2.24, 2.45) is 11.8 Å². The van der Waals surface area contributed by atoms with Gasteiger partial charge in [-0.25, -0.2) is 0 Å². The Morgan fingerprint density at radius 2 is 2.12 bits per heavy atom. The van der Waals surface area contributed by atoms with Gasteiger partial charge < -0.3 is 9.55 Å². The number of aryl methyl sites for hydroxylation is 1. The van der Waals surface area contributed by atoms with Crippen molar-refractivity contribution in [3.63, 3.8) is 0 Å². The van der Waals surface area contributed by atoms with Gasteiger partial charge in [-0.05, 0) is 49.7 Å². The SMILES string of the molecule is CCc1c[nH]c(=S)n1C1CCC(C)C(C)C1. The van der Waals surface area contributed by atoms with Crippen LogP contribution in [0, 0.1) is 16.6 Å². The van der Waals surface area contributed by atoms with Gasteiger partial charge in [0.2, 0.25) is 0 Å². The summed E-state index contributed by atoms with van der Waals surface area (Å²) in [6, 6.07) is 0.625. The zero-order valence-electron chi connectivity index (χ0n) is 10.5. The molecule has 0 saturated heterocycles. The van der Waals surface area contributed by atoms with Crippen molar-refractivity contribution in [1.82, 2.24) is 9.55 Å². The zero-order valence-corrected chi connectivity index (χ0v) is 11.3. The first-order valence-electron chi connectivity index (χ1n) is 6.42. The molecule has 1 N–H and O–H groups in total. The van der Waals surface area contributed by atoms with Crippen LogP contribution in [-0.4, -0.2) is 9.55 Å². The number of rotatable bonds is 2. The van der Waals surface area contributed by atoms with Crippen LogP contribution in [0.5, 0.6) is 0 Å². The summed E-state index contributed by atoms with van der Waals surface area (Å²) in [5.41, 5.74) is 1.36. The number of aromatic amines is 1. The van der Waals surface area contributed by atoms with Crippen molar-refractivity contribution in [2.45, 2.75) is 52.5 Å². The molecular formula is C13H22N2S. The summed E-state index contributed by atoms with van der Waals surface area (Å²) in [6.45, 7) is 6.94. The minimum atomic E-state index is 0.625. The van der Waals surface area contributed by atoms with Gasteiger partial charge in [0.1, 0.15) is 0 Å². The van der Waals surface area contributed by atoms with Crippen molar-refractivity contribution in [2.75, 3.05) is 0 Å². The summed E-state index contributed by atoms with van der Waals surface area (Å²) in [6.07, 6.45) is 7.03. The lowest BCUT2D eigenvalue weighted by molar-refractivity contribution is 0.207. The largest absolute Gasteiger partial charge is 0.337 e. The Labute approximate surface area is 103 Å². The number of hydrogen-bond donors (Lipinski definition) is 1. The average molecular weight is 238 g/mol. The van der Waals surface area contributed by atoms with Crippen LogP contribution in [0.15, 0.2) is 6.20 Å². The molecule has 3 heteroatoms. The molecule has 3 atom stereocenters. The van der Waals surface area contributed by atoms with E-state index in [1.165, 1.54) is 25.0 Å². The van der Waals surface area contributed by atoms with Crippen molar-refractivity contribution in [1.29, 1.82) is 0 Å². The highest BCUT2D eigenvalue weighted by molar-refractivity contribution is 7.71. The van der Waals surface area contributed by atoms with Crippen LogP contribution in [0.3, 0.4) is 0 Å². The van der Waals surface area contributed by atoms with Crippen LogP contribution in [-0.2, 0) is 6.42 Å². The summed E-state index contributed by atoms with van der Waals surface area (Å²) in [5, 5.41) is 0. The zero-order chi connectivity index (χ0) is 11.7. The predicted octanol–water partition coefficient (Wildman–Crippen LogP) is 4.11. The second-order valence-electron chi connectivity index (χ2n) is 5.23. The van der Waals surface area contributed by atoms with E-state index in [4.69, 9.17) is 12.2 Å². The Kier molecular flexibility index (Phi) is 3.53. The number of hydrogen-bond acceptors (Lipinski definition) is 1. The standard InChI is InChI=1S/C13H22N2S/c1-4-11-8-14-13(16)15(11)12-6-5-9(2)10(3)7-12/h8-10,12H,4-7H2,1-3H3,(H,14,16). The van der Waals surface area contributed by atoms with Crippen LogP contribution in [0.4, 0.5) is 0 Å². The van der Waals surface area contributed by atoms with Gasteiger partial charge in [0.15, 0.2) is 4.77 Å². The highest BCUT2D eigenvalue weighted by Gasteiger charge is 2.26. The van der Waals surface area contributed by atoms with E-state index in [-0.39, 0.29) is 0 Å². The average Bonchev–Trinajstić information content (AvgIpc) is 2.64. The molecule has 0 spiro atoms. The molecule has 16 heavy (non-hydrogen) atoms. The first-order chi connectivity index (χ1) is 7.63. The van der Waals surface area contributed by atoms with Crippen molar-refractivity contribution in [3.05, 3.63) is 16.7 Å². The van der Waals surface area contributed by atoms with Crippen molar-refractivity contribution >= 4 is 12.2 Å². The topological polar surface area (TPSA) is 20.7 Å². The monoisotopic (exact) mass is 238 g/mol. The lowest BCUT2D eigenvalue weighted by Crippen LogP contribution is -2.24. The lowest BCUT2D eigenvalue weighted by atomic mass is 9.79. The number of imidazole rings is 1. The predicted molar refractivity (Wildman–Crippen MR) is 70.2 cm³/mol. The van der Waals surface area contributed by atoms with Crippen LogP contribution in [0.25, 0.3) is 0 Å². The van der Waals surface area contributed by atoms with Crippen LogP contribution >= 0.6 is 12.2 Å². The Hall–Kier alpha value is -0.570. The normalized spacial score (nSPS) is 30.6. The van der Waals surface area contributed by atoms with E-state index < -0.39 is 0 Å². The Morgan fingerprint density at radius 3 is 2.75 bits per heavy atom. The third-order valence-corrected chi connectivity index (χ3v) is 4.50. The summed E-state index contributed by atoms with van der Waals surface area (Å²) in [7, 11) is 0. The summed E-state index contributed by atoms with van der Waals surface area (Å²) in [5.74, 6) is 1.69. The Bertz CT molecular complexity index is 404. The van der Waals surface area contributed by atoms with E-state index in [0.717, 1.165) is 23.0 Å². The third kappa shape index (κ3) is 2.10. The Morgan fingerprint density at radius 1 is 1.38 bits per heavy atom. The van der Waals surface area contributed by atoms with Crippen LogP contribution in [0.1, 0.15) is 51.8 Å². The molecule has 2 nitrogen and oxygen atoms in total. The molecule has 0 radical (unpaired) electrons. The molecular weight excluding hydrogens is 216 g/mol. The molecule has 0 amide bonds. The van der Waals surface area contributed by atoms with Crippen molar-refractivity contribution in [3.8, 4) is 0 Å². The molecule has 1 aromatic heterocycles. The molecule has 2 rings (SSSR count). The van der Waals surface area contributed by atoms with E-state index in [0.29, 0.717) is 6.04 Å². The van der Waals surface area contributed by atoms with Gasteiger partial charge in [-0.1, -0.05) is 20.8 Å². The molecule has 1 fully saturated rings.